The summed E-state index contributed by atoms with van der Waals surface area (Å²) in [7, 11) is 0. The maximum Gasteiger partial charge on any atom is 0.217 e. The summed E-state index contributed by atoms with van der Waals surface area (Å²) in [5.41, 5.74) is 4.51. The number of allylic oxidation sites excluding steroid dienone is 3. The van der Waals surface area contributed by atoms with E-state index in [0.29, 0.717) is 5.56 Å². The first-order valence-corrected chi connectivity index (χ1v) is 10.4. The lowest BCUT2D eigenvalue weighted by Crippen LogP contribution is -2.21. The molecule has 28 heavy (non-hydrogen) atoms. The first-order valence-electron chi connectivity index (χ1n) is 10.4. The first-order chi connectivity index (χ1) is 13.3. The third kappa shape index (κ3) is 5.18. The van der Waals surface area contributed by atoms with E-state index < -0.39 is 0 Å². The predicted molar refractivity (Wildman–Crippen MR) is 115 cm³/mol. The molecular weight excluding hydrogens is 350 g/mol. The predicted octanol–water partition coefficient (Wildman–Crippen LogP) is 5.48. The Balaban J connectivity index is 2.54. The van der Waals surface area contributed by atoms with Crippen LogP contribution in [0.3, 0.4) is 0 Å². The van der Waals surface area contributed by atoms with E-state index in [9.17, 15) is 15.0 Å². The summed E-state index contributed by atoms with van der Waals surface area (Å²) >= 11 is 0. The third-order valence-electron chi connectivity index (χ3n) is 5.79. The fourth-order valence-corrected chi connectivity index (χ4v) is 4.20. The minimum atomic E-state index is -0.137. The standard InChI is InChI=1S/C24H35NO3/c1-6-7-8-9-18-13-22(27)23(24(28)21(18)14-25-17(5)26)20-12-16(4)10-11-19(20)15(2)3/h12-13,19-20,27-28H,2,6-11,14H2,1,3-5H3,(H,25,26). The number of rotatable bonds is 8. The number of benzene rings is 1. The number of amides is 1. The third-order valence-corrected chi connectivity index (χ3v) is 5.79. The lowest BCUT2D eigenvalue weighted by molar-refractivity contribution is -0.119. The fourth-order valence-electron chi connectivity index (χ4n) is 4.20. The second kappa shape index (κ2) is 9.81. The van der Waals surface area contributed by atoms with E-state index in [1.165, 1.54) is 12.5 Å². The molecule has 1 aliphatic carbocycles. The molecule has 3 N–H and O–H groups in total. The molecule has 0 saturated carbocycles. The van der Waals surface area contributed by atoms with E-state index in [-0.39, 0.29) is 35.8 Å². The van der Waals surface area contributed by atoms with Crippen LogP contribution in [0.5, 0.6) is 11.5 Å². The molecule has 2 rings (SSSR count). The SMILES string of the molecule is C=C(C)C1CCC(C)=CC1c1c(O)cc(CCCCC)c(CNC(C)=O)c1O. The van der Waals surface area contributed by atoms with Crippen molar-refractivity contribution in [2.24, 2.45) is 5.92 Å². The number of hydrogen-bond acceptors (Lipinski definition) is 3. The van der Waals surface area contributed by atoms with Gasteiger partial charge in [0.15, 0.2) is 0 Å². The molecule has 0 spiro atoms. The lowest BCUT2D eigenvalue weighted by atomic mass is 9.73. The molecule has 0 radical (unpaired) electrons. The van der Waals surface area contributed by atoms with Gasteiger partial charge in [-0.25, -0.2) is 0 Å². The van der Waals surface area contributed by atoms with Crippen LogP contribution >= 0.6 is 0 Å². The van der Waals surface area contributed by atoms with Gasteiger partial charge in [0.05, 0.1) is 0 Å². The average molecular weight is 386 g/mol. The molecule has 4 heteroatoms. The summed E-state index contributed by atoms with van der Waals surface area (Å²) in [6.07, 6.45) is 8.06. The van der Waals surface area contributed by atoms with Crippen molar-refractivity contribution < 1.29 is 15.0 Å². The Kier molecular flexibility index (Phi) is 7.73. The van der Waals surface area contributed by atoms with Crippen molar-refractivity contribution in [3.8, 4) is 11.5 Å². The summed E-state index contributed by atoms with van der Waals surface area (Å²) in [5.74, 6) is 0.189. The average Bonchev–Trinajstić information content (AvgIpc) is 2.61. The van der Waals surface area contributed by atoms with Gasteiger partial charge in [0, 0.05) is 30.5 Å². The van der Waals surface area contributed by atoms with Crippen LogP contribution in [0.15, 0.2) is 29.9 Å². The molecule has 4 nitrogen and oxygen atoms in total. The van der Waals surface area contributed by atoms with Crippen molar-refractivity contribution >= 4 is 5.91 Å². The number of aryl methyl sites for hydroxylation is 1. The van der Waals surface area contributed by atoms with Gasteiger partial charge in [0.25, 0.3) is 0 Å². The highest BCUT2D eigenvalue weighted by Gasteiger charge is 2.31. The molecule has 1 aromatic rings. The zero-order valence-electron chi connectivity index (χ0n) is 17.8. The number of phenols is 2. The van der Waals surface area contributed by atoms with Crippen LogP contribution in [0.1, 0.15) is 82.4 Å². The van der Waals surface area contributed by atoms with E-state index in [1.54, 1.807) is 6.07 Å². The smallest absolute Gasteiger partial charge is 0.217 e. The Morgan fingerprint density at radius 2 is 2.00 bits per heavy atom. The highest BCUT2D eigenvalue weighted by atomic mass is 16.3. The number of nitrogens with one attached hydrogen (secondary N) is 1. The first kappa shape index (κ1) is 22.1. The van der Waals surface area contributed by atoms with Crippen LogP contribution in [0.2, 0.25) is 0 Å². The molecule has 1 aliphatic rings. The van der Waals surface area contributed by atoms with Gasteiger partial charge in [-0.2, -0.15) is 0 Å². The highest BCUT2D eigenvalue weighted by Crippen LogP contribution is 2.48. The Labute approximate surface area is 169 Å². The number of aromatic hydroxyl groups is 2. The van der Waals surface area contributed by atoms with E-state index in [1.807, 2.05) is 6.92 Å². The van der Waals surface area contributed by atoms with Crippen LogP contribution in [0.25, 0.3) is 0 Å². The number of carbonyl (C=O) groups excluding carboxylic acids is 1. The number of carbonyl (C=O) groups is 1. The van der Waals surface area contributed by atoms with Gasteiger partial charge in [-0.05, 0) is 57.1 Å². The van der Waals surface area contributed by atoms with Gasteiger partial charge < -0.3 is 15.5 Å². The molecule has 0 fully saturated rings. The summed E-state index contributed by atoms with van der Waals surface area (Å²) < 4.78 is 0. The molecular formula is C24H35NO3. The molecule has 0 aliphatic heterocycles. The summed E-state index contributed by atoms with van der Waals surface area (Å²) in [6.45, 7) is 12.1. The van der Waals surface area contributed by atoms with E-state index in [4.69, 9.17) is 0 Å². The van der Waals surface area contributed by atoms with Gasteiger partial charge in [0.2, 0.25) is 5.91 Å². The molecule has 1 aromatic carbocycles. The number of hydrogen-bond donors (Lipinski definition) is 3. The second-order valence-electron chi connectivity index (χ2n) is 8.19. The number of unbranched alkanes of at least 4 members (excludes halogenated alkanes) is 2. The molecule has 0 bridgehead atoms. The minimum absolute atomic E-state index is 0.105. The molecule has 0 heterocycles. The van der Waals surface area contributed by atoms with Gasteiger partial charge in [-0.1, -0.05) is 43.6 Å². The van der Waals surface area contributed by atoms with Crippen molar-refractivity contribution in [3.63, 3.8) is 0 Å². The van der Waals surface area contributed by atoms with Gasteiger partial charge >= 0.3 is 0 Å². The van der Waals surface area contributed by atoms with Crippen LogP contribution in [0.4, 0.5) is 0 Å². The maximum absolute atomic E-state index is 11.5. The van der Waals surface area contributed by atoms with Crippen molar-refractivity contribution in [2.45, 2.75) is 78.7 Å². The van der Waals surface area contributed by atoms with Crippen molar-refractivity contribution in [1.82, 2.24) is 5.32 Å². The Hall–Kier alpha value is -2.23. The largest absolute Gasteiger partial charge is 0.507 e. The molecule has 1 amide bonds. The van der Waals surface area contributed by atoms with Crippen LogP contribution < -0.4 is 5.32 Å². The molecule has 2 atom stereocenters. The Bertz CT molecular complexity index is 764. The minimum Gasteiger partial charge on any atom is -0.507 e. The Morgan fingerprint density at radius 3 is 2.61 bits per heavy atom. The zero-order valence-corrected chi connectivity index (χ0v) is 17.8. The topological polar surface area (TPSA) is 69.6 Å². The van der Waals surface area contributed by atoms with Crippen LogP contribution in [0, 0.1) is 5.92 Å². The second-order valence-corrected chi connectivity index (χ2v) is 8.19. The van der Waals surface area contributed by atoms with E-state index in [2.05, 4.69) is 31.8 Å². The summed E-state index contributed by atoms with van der Waals surface area (Å²) in [6, 6.07) is 1.79. The normalized spacial score (nSPS) is 19.2. The quantitative estimate of drug-likeness (QED) is 0.410. The number of phenolic OH excluding ortho intramolecular Hbond substituents is 2. The van der Waals surface area contributed by atoms with Crippen LogP contribution in [-0.4, -0.2) is 16.1 Å². The highest BCUT2D eigenvalue weighted by molar-refractivity contribution is 5.73. The van der Waals surface area contributed by atoms with Crippen molar-refractivity contribution in [2.75, 3.05) is 0 Å². The van der Waals surface area contributed by atoms with Crippen molar-refractivity contribution in [3.05, 3.63) is 46.6 Å². The summed E-state index contributed by atoms with van der Waals surface area (Å²) in [5, 5.41) is 24.9. The maximum atomic E-state index is 11.5. The molecule has 154 valence electrons. The van der Waals surface area contributed by atoms with Crippen LogP contribution in [-0.2, 0) is 17.8 Å². The van der Waals surface area contributed by atoms with Gasteiger partial charge in [-0.15, -0.1) is 0 Å². The lowest BCUT2D eigenvalue weighted by Gasteiger charge is -2.32. The van der Waals surface area contributed by atoms with E-state index in [0.717, 1.165) is 55.2 Å². The fraction of sp³-hybridized carbons (Fsp3) is 0.542. The molecule has 0 aromatic heterocycles. The van der Waals surface area contributed by atoms with E-state index >= 15 is 0 Å². The monoisotopic (exact) mass is 385 g/mol. The van der Waals surface area contributed by atoms with Gasteiger partial charge in [-0.3, -0.25) is 4.79 Å². The van der Waals surface area contributed by atoms with Crippen molar-refractivity contribution in [1.29, 1.82) is 0 Å². The zero-order chi connectivity index (χ0) is 20.8. The molecule has 0 saturated heterocycles. The van der Waals surface area contributed by atoms with Gasteiger partial charge in [0.1, 0.15) is 11.5 Å². The Morgan fingerprint density at radius 1 is 1.29 bits per heavy atom. The summed E-state index contributed by atoms with van der Waals surface area (Å²) in [4.78, 5) is 11.5. The molecule has 2 unspecified atom stereocenters.